The molecule has 1 aliphatic heterocycles. The molecule has 3 aliphatic rings. The van der Waals surface area contributed by atoms with Crippen LogP contribution in [0.1, 0.15) is 54.9 Å². The highest BCUT2D eigenvalue weighted by atomic mass is 16.6. The predicted molar refractivity (Wildman–Crippen MR) is 154 cm³/mol. The van der Waals surface area contributed by atoms with Crippen molar-refractivity contribution < 1.29 is 73.2 Å². The van der Waals surface area contributed by atoms with Crippen LogP contribution in [0.2, 0.25) is 0 Å². The van der Waals surface area contributed by atoms with Crippen molar-refractivity contribution in [3.05, 3.63) is 23.8 Å². The molecule has 0 aromatic carbocycles. The second-order valence-corrected chi connectivity index (χ2v) is 12.8. The SMILES string of the molecule is CC(=O)O[C@H]1/C=C\C(CO)=C/[C@@H]2OC(=O)[C@H](C)[C@@]2(O)[C@@H](OC(C)=O)[C@H]2[C@@](O)(CO)[C@H](O)[C@H](OC(=O)CC(C)C)[C@H](OC(C)=O)[C@]12C. The summed E-state index contributed by atoms with van der Waals surface area (Å²) < 4.78 is 28.1. The first-order chi connectivity index (χ1) is 21.3. The van der Waals surface area contributed by atoms with E-state index in [1.165, 1.54) is 32.1 Å². The molecular weight excluding hydrogens is 612 g/mol. The Hall–Kier alpha value is -3.37. The van der Waals surface area contributed by atoms with Gasteiger partial charge in [0.05, 0.1) is 24.5 Å². The number of rotatable bonds is 8. The molecule has 11 atom stereocenters. The normalized spacial score (nSPS) is 40.7. The lowest BCUT2D eigenvalue weighted by Crippen LogP contribution is -2.79. The van der Waals surface area contributed by atoms with Crippen LogP contribution < -0.4 is 0 Å². The van der Waals surface area contributed by atoms with Gasteiger partial charge in [-0.2, -0.15) is 0 Å². The second-order valence-electron chi connectivity index (χ2n) is 12.8. The molecule has 258 valence electrons. The van der Waals surface area contributed by atoms with E-state index < -0.39 is 108 Å². The van der Waals surface area contributed by atoms with Gasteiger partial charge in [-0.3, -0.25) is 24.0 Å². The van der Waals surface area contributed by atoms with Crippen molar-refractivity contribution in [2.24, 2.45) is 23.2 Å². The van der Waals surface area contributed by atoms with E-state index in [1.807, 2.05) is 0 Å². The fourth-order valence-electron chi connectivity index (χ4n) is 6.91. The second kappa shape index (κ2) is 13.8. The standard InChI is InChI=1S/C31H44O15/c1-14(2)10-22(37)46-23-25(38)30(40,13-33)24-27(44-18(6)36)31(41)15(3)28(39)45-21(31)11-19(12-32)8-9-20(42-16(4)34)29(24,7)26(23)43-17(5)35/h8-9,11,14-15,20-21,23-27,32-33,38,40-41H,10,12-13H2,1-7H3/b9-8-,19-11+/t15-,20-,21-,23-,24+,25+,26-,27-,29+,30-,31-/m0/s1. The number of carbonyl (C=O) groups excluding carboxylic acids is 5. The van der Waals surface area contributed by atoms with Crippen LogP contribution in [0.15, 0.2) is 23.8 Å². The van der Waals surface area contributed by atoms with Crippen LogP contribution in [0.25, 0.3) is 0 Å². The molecule has 2 fully saturated rings. The number of hydrogen-bond donors (Lipinski definition) is 5. The van der Waals surface area contributed by atoms with Gasteiger partial charge in [-0.15, -0.1) is 0 Å². The summed E-state index contributed by atoms with van der Waals surface area (Å²) in [5.41, 5.74) is -7.57. The Balaban J connectivity index is 2.54. The smallest absolute Gasteiger partial charge is 0.312 e. The summed E-state index contributed by atoms with van der Waals surface area (Å²) in [5, 5.41) is 57.5. The van der Waals surface area contributed by atoms with Gasteiger partial charge in [-0.1, -0.05) is 26.8 Å². The molecule has 0 aromatic rings. The van der Waals surface area contributed by atoms with Crippen LogP contribution in [-0.2, 0) is 47.7 Å². The molecule has 0 unspecified atom stereocenters. The van der Waals surface area contributed by atoms with Crippen molar-refractivity contribution in [2.75, 3.05) is 13.2 Å². The highest BCUT2D eigenvalue weighted by Gasteiger charge is 2.75. The zero-order valence-corrected chi connectivity index (χ0v) is 26.9. The highest BCUT2D eigenvalue weighted by molar-refractivity contribution is 5.78. The molecule has 3 rings (SSSR count). The van der Waals surface area contributed by atoms with E-state index in [-0.39, 0.29) is 17.9 Å². The van der Waals surface area contributed by atoms with Crippen LogP contribution in [0.3, 0.4) is 0 Å². The predicted octanol–water partition coefficient (Wildman–Crippen LogP) is -0.759. The van der Waals surface area contributed by atoms with Crippen molar-refractivity contribution in [3.8, 4) is 0 Å². The van der Waals surface area contributed by atoms with Crippen molar-refractivity contribution in [2.45, 2.75) is 103 Å². The lowest BCUT2D eigenvalue weighted by molar-refractivity contribution is -0.321. The molecule has 46 heavy (non-hydrogen) atoms. The minimum atomic E-state index is -2.88. The summed E-state index contributed by atoms with van der Waals surface area (Å²) in [6.07, 6.45) is -7.84. The summed E-state index contributed by atoms with van der Waals surface area (Å²) in [6.45, 7) is 6.99. The highest BCUT2D eigenvalue weighted by Crippen LogP contribution is 2.58. The van der Waals surface area contributed by atoms with Gasteiger partial charge in [0.15, 0.2) is 23.9 Å². The fourth-order valence-corrected chi connectivity index (χ4v) is 6.91. The molecular formula is C31H44O15. The molecule has 1 saturated heterocycles. The zero-order chi connectivity index (χ0) is 34.9. The Morgan fingerprint density at radius 2 is 1.52 bits per heavy atom. The third-order valence-corrected chi connectivity index (χ3v) is 9.07. The van der Waals surface area contributed by atoms with E-state index in [9.17, 15) is 49.5 Å². The number of fused-ring (bicyclic) bond motifs is 2. The lowest BCUT2D eigenvalue weighted by Gasteiger charge is -2.61. The van der Waals surface area contributed by atoms with Gasteiger partial charge in [-0.25, -0.2) is 0 Å². The van der Waals surface area contributed by atoms with Gasteiger partial charge in [0.2, 0.25) is 0 Å². The molecule has 0 radical (unpaired) electrons. The average molecular weight is 657 g/mol. The minimum absolute atomic E-state index is 0.0447. The van der Waals surface area contributed by atoms with Crippen LogP contribution in [0, 0.1) is 23.2 Å². The van der Waals surface area contributed by atoms with Gasteiger partial charge in [-0.05, 0) is 30.6 Å². The van der Waals surface area contributed by atoms with Crippen molar-refractivity contribution in [1.29, 1.82) is 0 Å². The molecule has 0 bridgehead atoms. The Kier molecular flexibility index (Phi) is 11.1. The van der Waals surface area contributed by atoms with E-state index in [0.29, 0.717) is 0 Å². The van der Waals surface area contributed by atoms with Crippen molar-refractivity contribution in [1.82, 2.24) is 0 Å². The maximum absolute atomic E-state index is 13.0. The molecule has 1 saturated carbocycles. The third kappa shape index (κ3) is 6.56. The first kappa shape index (κ1) is 37.1. The van der Waals surface area contributed by atoms with E-state index in [2.05, 4.69) is 0 Å². The first-order valence-corrected chi connectivity index (χ1v) is 14.9. The quantitative estimate of drug-likeness (QED) is 0.160. The number of aliphatic hydroxyl groups is 5. The molecule has 2 aliphatic carbocycles. The Labute approximate surface area is 266 Å². The molecule has 1 heterocycles. The minimum Gasteiger partial charge on any atom is -0.459 e. The summed E-state index contributed by atoms with van der Waals surface area (Å²) in [5.74, 6) is -8.43. The molecule has 0 amide bonds. The zero-order valence-electron chi connectivity index (χ0n) is 26.9. The third-order valence-electron chi connectivity index (χ3n) is 9.07. The van der Waals surface area contributed by atoms with E-state index in [1.54, 1.807) is 13.8 Å². The average Bonchev–Trinajstić information content (AvgIpc) is 3.16. The van der Waals surface area contributed by atoms with Gasteiger partial charge in [0.1, 0.15) is 23.9 Å². The van der Waals surface area contributed by atoms with Crippen molar-refractivity contribution in [3.63, 3.8) is 0 Å². The maximum atomic E-state index is 13.0. The molecule has 15 heteroatoms. The molecule has 0 spiro atoms. The number of hydrogen-bond acceptors (Lipinski definition) is 15. The van der Waals surface area contributed by atoms with Crippen LogP contribution in [-0.4, -0.2) is 116 Å². The Bertz CT molecular complexity index is 1270. The summed E-state index contributed by atoms with van der Waals surface area (Å²) in [7, 11) is 0. The van der Waals surface area contributed by atoms with Crippen LogP contribution in [0.4, 0.5) is 0 Å². The monoisotopic (exact) mass is 656 g/mol. The van der Waals surface area contributed by atoms with Gasteiger partial charge in [0, 0.05) is 33.1 Å². The summed E-state index contributed by atoms with van der Waals surface area (Å²) in [4.78, 5) is 63.9. The molecule has 5 N–H and O–H groups in total. The fraction of sp³-hybridized carbons (Fsp3) is 0.710. The Morgan fingerprint density at radius 3 is 2.02 bits per heavy atom. The van der Waals surface area contributed by atoms with Crippen molar-refractivity contribution >= 4 is 29.8 Å². The van der Waals surface area contributed by atoms with E-state index in [0.717, 1.165) is 20.8 Å². The number of aliphatic hydroxyl groups excluding tert-OH is 3. The first-order valence-electron chi connectivity index (χ1n) is 14.9. The number of esters is 5. The summed E-state index contributed by atoms with van der Waals surface area (Å²) >= 11 is 0. The lowest BCUT2D eigenvalue weighted by atomic mass is 9.50. The molecule has 15 nitrogen and oxygen atoms in total. The van der Waals surface area contributed by atoms with E-state index in [4.69, 9.17) is 23.7 Å². The van der Waals surface area contributed by atoms with Crippen LogP contribution >= 0.6 is 0 Å². The molecule has 0 aromatic heterocycles. The number of carbonyl (C=O) groups is 5. The van der Waals surface area contributed by atoms with E-state index >= 15 is 0 Å². The Morgan fingerprint density at radius 1 is 0.957 bits per heavy atom. The topological polar surface area (TPSA) is 233 Å². The van der Waals surface area contributed by atoms with Crippen LogP contribution in [0.5, 0.6) is 0 Å². The summed E-state index contributed by atoms with van der Waals surface area (Å²) in [6, 6.07) is 0. The van der Waals surface area contributed by atoms with Gasteiger partial charge >= 0.3 is 29.8 Å². The maximum Gasteiger partial charge on any atom is 0.312 e. The van der Waals surface area contributed by atoms with Gasteiger partial charge in [0.25, 0.3) is 0 Å². The number of ether oxygens (including phenoxy) is 5. The largest absolute Gasteiger partial charge is 0.459 e. The van der Waals surface area contributed by atoms with Gasteiger partial charge < -0.3 is 49.2 Å².